The normalized spacial score (nSPS) is 9.92. The second kappa shape index (κ2) is 7.51. The molecule has 2 heteroatoms. The Morgan fingerprint density at radius 2 is 0.875 bits per heavy atom. The Bertz CT molecular complexity index is 708. The highest BCUT2D eigenvalue weighted by Crippen LogP contribution is 2.26. The molecule has 122 valence electrons. The molecule has 0 atom stereocenters. The maximum Gasteiger partial charge on any atom is 0.127 e. The highest BCUT2D eigenvalue weighted by molar-refractivity contribution is 5.65. The van der Waals surface area contributed by atoms with Crippen molar-refractivity contribution in [3.8, 4) is 22.6 Å². The minimum atomic E-state index is 0.571. The SMILES string of the molecule is C=C(C)C(=C)Oc1ccc(-c2ccc(OC(=C)C(=C)C)cc2)cc1. The molecular formula is C22H22O2. The van der Waals surface area contributed by atoms with Crippen LogP contribution in [0.2, 0.25) is 0 Å². The Hall–Kier alpha value is -3.00. The highest BCUT2D eigenvalue weighted by atomic mass is 16.5. The van der Waals surface area contributed by atoms with Gasteiger partial charge in [0.25, 0.3) is 0 Å². The van der Waals surface area contributed by atoms with Crippen LogP contribution < -0.4 is 9.47 Å². The van der Waals surface area contributed by atoms with Gasteiger partial charge in [0.05, 0.1) is 0 Å². The molecule has 0 unspecified atom stereocenters. The molecular weight excluding hydrogens is 296 g/mol. The summed E-state index contributed by atoms with van der Waals surface area (Å²) in [5.74, 6) is 2.62. The van der Waals surface area contributed by atoms with Gasteiger partial charge in [0.2, 0.25) is 0 Å². The van der Waals surface area contributed by atoms with Crippen molar-refractivity contribution in [3.63, 3.8) is 0 Å². The molecule has 0 aliphatic rings. The Morgan fingerprint density at radius 1 is 0.583 bits per heavy atom. The van der Waals surface area contributed by atoms with Crippen molar-refractivity contribution in [1.29, 1.82) is 0 Å². The van der Waals surface area contributed by atoms with E-state index >= 15 is 0 Å². The number of benzene rings is 2. The first-order chi connectivity index (χ1) is 11.4. The van der Waals surface area contributed by atoms with Crippen molar-refractivity contribution in [2.24, 2.45) is 0 Å². The van der Waals surface area contributed by atoms with Gasteiger partial charge in [-0.2, -0.15) is 0 Å². The van der Waals surface area contributed by atoms with E-state index in [4.69, 9.17) is 9.47 Å². The lowest BCUT2D eigenvalue weighted by Gasteiger charge is -2.10. The minimum Gasteiger partial charge on any atom is -0.458 e. The van der Waals surface area contributed by atoms with E-state index in [0.29, 0.717) is 11.5 Å². The van der Waals surface area contributed by atoms with Crippen LogP contribution in [0, 0.1) is 0 Å². The number of allylic oxidation sites excluding steroid dienone is 2. The zero-order valence-corrected chi connectivity index (χ0v) is 14.3. The molecule has 0 aliphatic heterocycles. The first-order valence-corrected chi connectivity index (χ1v) is 7.62. The summed E-state index contributed by atoms with van der Waals surface area (Å²) in [6.45, 7) is 19.0. The maximum atomic E-state index is 5.62. The van der Waals surface area contributed by atoms with Crippen LogP contribution in [0.25, 0.3) is 11.1 Å². The minimum absolute atomic E-state index is 0.571. The van der Waals surface area contributed by atoms with Crippen molar-refractivity contribution >= 4 is 0 Å². The van der Waals surface area contributed by atoms with Gasteiger partial charge in [0.1, 0.15) is 23.0 Å². The molecule has 2 aromatic carbocycles. The number of ether oxygens (including phenoxy) is 2. The first-order valence-electron chi connectivity index (χ1n) is 7.62. The summed E-state index contributed by atoms with van der Waals surface area (Å²) >= 11 is 0. The van der Waals surface area contributed by atoms with Crippen molar-refractivity contribution in [2.45, 2.75) is 13.8 Å². The predicted molar refractivity (Wildman–Crippen MR) is 101 cm³/mol. The molecule has 0 radical (unpaired) electrons. The number of hydrogen-bond acceptors (Lipinski definition) is 2. The van der Waals surface area contributed by atoms with Gasteiger partial charge in [-0.1, -0.05) is 50.6 Å². The second-order valence-electron chi connectivity index (χ2n) is 5.66. The highest BCUT2D eigenvalue weighted by Gasteiger charge is 2.03. The fraction of sp³-hybridized carbons (Fsp3) is 0.0909. The van der Waals surface area contributed by atoms with Gasteiger partial charge in [-0.05, 0) is 60.4 Å². The molecule has 0 amide bonds. The van der Waals surface area contributed by atoms with Crippen LogP contribution in [0.5, 0.6) is 11.5 Å². The van der Waals surface area contributed by atoms with E-state index in [1.165, 1.54) is 0 Å². The van der Waals surface area contributed by atoms with Gasteiger partial charge in [0, 0.05) is 0 Å². The van der Waals surface area contributed by atoms with Gasteiger partial charge < -0.3 is 9.47 Å². The third-order valence-corrected chi connectivity index (χ3v) is 3.48. The molecule has 0 saturated heterocycles. The molecule has 0 N–H and O–H groups in total. The average Bonchev–Trinajstić information content (AvgIpc) is 2.56. The summed E-state index contributed by atoms with van der Waals surface area (Å²) in [4.78, 5) is 0. The molecule has 2 nitrogen and oxygen atoms in total. The van der Waals surface area contributed by atoms with E-state index in [0.717, 1.165) is 33.8 Å². The van der Waals surface area contributed by atoms with Crippen molar-refractivity contribution in [3.05, 3.63) is 97.5 Å². The third kappa shape index (κ3) is 4.50. The van der Waals surface area contributed by atoms with E-state index in [1.54, 1.807) is 0 Å². The number of hydrogen-bond donors (Lipinski definition) is 0. The monoisotopic (exact) mass is 318 g/mol. The molecule has 2 rings (SSSR count). The van der Waals surface area contributed by atoms with E-state index in [-0.39, 0.29) is 0 Å². The zero-order valence-electron chi connectivity index (χ0n) is 14.3. The van der Waals surface area contributed by atoms with Gasteiger partial charge in [-0.3, -0.25) is 0 Å². The van der Waals surface area contributed by atoms with E-state index in [1.807, 2.05) is 62.4 Å². The average molecular weight is 318 g/mol. The first kappa shape index (κ1) is 17.4. The lowest BCUT2D eigenvalue weighted by Crippen LogP contribution is -1.94. The maximum absolute atomic E-state index is 5.62. The van der Waals surface area contributed by atoms with Gasteiger partial charge in [0.15, 0.2) is 0 Å². The zero-order chi connectivity index (χ0) is 17.7. The van der Waals surface area contributed by atoms with E-state index in [2.05, 4.69) is 26.3 Å². The van der Waals surface area contributed by atoms with Crippen LogP contribution in [0.15, 0.2) is 97.5 Å². The van der Waals surface area contributed by atoms with Crippen LogP contribution in [0.1, 0.15) is 13.8 Å². The van der Waals surface area contributed by atoms with Crippen LogP contribution in [0.4, 0.5) is 0 Å². The van der Waals surface area contributed by atoms with Crippen LogP contribution >= 0.6 is 0 Å². The predicted octanol–water partition coefficient (Wildman–Crippen LogP) is 6.29. The second-order valence-corrected chi connectivity index (χ2v) is 5.66. The molecule has 0 bridgehead atoms. The lowest BCUT2D eigenvalue weighted by atomic mass is 10.1. The summed E-state index contributed by atoms with van der Waals surface area (Å²) in [5, 5.41) is 0. The van der Waals surface area contributed by atoms with Crippen LogP contribution in [-0.2, 0) is 0 Å². The van der Waals surface area contributed by atoms with E-state index < -0.39 is 0 Å². The standard InChI is InChI=1S/C22H22O2/c1-15(2)17(5)23-21-11-7-19(8-12-21)20-9-13-22(14-10-20)24-18(6)16(3)4/h7-14H,1,3,5-6H2,2,4H3. The largest absolute Gasteiger partial charge is 0.458 e. The Balaban J connectivity index is 2.09. The molecule has 0 heterocycles. The van der Waals surface area contributed by atoms with Crippen LogP contribution in [0.3, 0.4) is 0 Å². The summed E-state index contributed by atoms with van der Waals surface area (Å²) in [6, 6.07) is 15.7. The van der Waals surface area contributed by atoms with Crippen molar-refractivity contribution in [1.82, 2.24) is 0 Å². The summed E-state index contributed by atoms with van der Waals surface area (Å²) in [6.07, 6.45) is 0. The fourth-order valence-corrected chi connectivity index (χ4v) is 1.89. The Kier molecular flexibility index (Phi) is 5.43. The quantitative estimate of drug-likeness (QED) is 0.441. The Labute approximate surface area is 144 Å². The lowest BCUT2D eigenvalue weighted by molar-refractivity contribution is 0.439. The number of rotatable bonds is 7. The molecule has 0 spiro atoms. The van der Waals surface area contributed by atoms with Gasteiger partial charge >= 0.3 is 0 Å². The molecule has 0 aliphatic carbocycles. The van der Waals surface area contributed by atoms with Gasteiger partial charge in [-0.15, -0.1) is 0 Å². The van der Waals surface area contributed by atoms with Crippen molar-refractivity contribution in [2.75, 3.05) is 0 Å². The third-order valence-electron chi connectivity index (χ3n) is 3.48. The fourth-order valence-electron chi connectivity index (χ4n) is 1.89. The van der Waals surface area contributed by atoms with Gasteiger partial charge in [-0.25, -0.2) is 0 Å². The molecule has 24 heavy (non-hydrogen) atoms. The Morgan fingerprint density at radius 3 is 1.12 bits per heavy atom. The summed E-state index contributed by atoms with van der Waals surface area (Å²) in [5.41, 5.74) is 3.80. The molecule has 0 aromatic heterocycles. The molecule has 0 fully saturated rings. The smallest absolute Gasteiger partial charge is 0.127 e. The van der Waals surface area contributed by atoms with Crippen LogP contribution in [-0.4, -0.2) is 0 Å². The molecule has 0 saturated carbocycles. The molecule has 2 aromatic rings. The van der Waals surface area contributed by atoms with E-state index in [9.17, 15) is 0 Å². The van der Waals surface area contributed by atoms with Crippen molar-refractivity contribution < 1.29 is 9.47 Å². The topological polar surface area (TPSA) is 18.5 Å². The summed E-state index contributed by atoms with van der Waals surface area (Å²) < 4.78 is 11.2. The summed E-state index contributed by atoms with van der Waals surface area (Å²) in [7, 11) is 0.